The van der Waals surface area contributed by atoms with Gasteiger partial charge in [0, 0.05) is 13.0 Å². The average Bonchev–Trinajstić information content (AvgIpc) is 2.67. The maximum Gasteiger partial charge on any atom is 0.312 e. The van der Waals surface area contributed by atoms with Crippen molar-refractivity contribution in [3.05, 3.63) is 21.5 Å². The zero-order valence-electron chi connectivity index (χ0n) is 13.5. The van der Waals surface area contributed by atoms with Crippen molar-refractivity contribution in [1.29, 1.82) is 0 Å². The topological polar surface area (TPSA) is 110 Å². The Bertz CT molecular complexity index is 539. The summed E-state index contributed by atoms with van der Waals surface area (Å²) in [5.74, 6) is 0.153. The van der Waals surface area contributed by atoms with Crippen LogP contribution in [0.3, 0.4) is 0 Å². The van der Waals surface area contributed by atoms with Gasteiger partial charge in [-0.3, -0.25) is 19.6 Å². The predicted molar refractivity (Wildman–Crippen MR) is 81.4 cm³/mol. The number of hydrogen-bond acceptors (Lipinski definition) is 5. The van der Waals surface area contributed by atoms with Crippen LogP contribution in [-0.2, 0) is 11.3 Å². The van der Waals surface area contributed by atoms with Gasteiger partial charge in [0.15, 0.2) is 0 Å². The summed E-state index contributed by atoms with van der Waals surface area (Å²) in [4.78, 5) is 22.2. The van der Waals surface area contributed by atoms with Crippen molar-refractivity contribution in [2.24, 2.45) is 5.92 Å². The maximum absolute atomic E-state index is 11.7. The minimum Gasteiger partial charge on any atom is -0.391 e. The van der Waals surface area contributed by atoms with Crippen LogP contribution in [0.4, 0.5) is 5.69 Å². The van der Waals surface area contributed by atoms with Crippen molar-refractivity contribution in [2.75, 3.05) is 6.54 Å². The van der Waals surface area contributed by atoms with Crippen molar-refractivity contribution in [2.45, 2.75) is 53.2 Å². The third kappa shape index (κ3) is 5.10. The van der Waals surface area contributed by atoms with Gasteiger partial charge in [-0.15, -0.1) is 0 Å². The molecule has 0 spiro atoms. The summed E-state index contributed by atoms with van der Waals surface area (Å²) in [7, 11) is 0. The lowest BCUT2D eigenvalue weighted by Gasteiger charge is -2.13. The van der Waals surface area contributed by atoms with E-state index in [-0.39, 0.29) is 31.1 Å². The van der Waals surface area contributed by atoms with Gasteiger partial charge in [0.25, 0.3) is 0 Å². The molecule has 1 aromatic rings. The van der Waals surface area contributed by atoms with Crippen LogP contribution >= 0.6 is 0 Å². The molecule has 0 aliphatic rings. The fraction of sp³-hybridized carbons (Fsp3) is 0.714. The van der Waals surface area contributed by atoms with Crippen LogP contribution in [0, 0.1) is 29.9 Å². The number of amides is 1. The molecule has 0 saturated heterocycles. The Morgan fingerprint density at radius 2 is 2.09 bits per heavy atom. The number of carbonyl (C=O) groups is 1. The molecular weight excluding hydrogens is 288 g/mol. The van der Waals surface area contributed by atoms with Gasteiger partial charge in [-0.05, 0) is 26.2 Å². The summed E-state index contributed by atoms with van der Waals surface area (Å²) >= 11 is 0. The van der Waals surface area contributed by atoms with Gasteiger partial charge in [-0.1, -0.05) is 13.8 Å². The Labute approximate surface area is 129 Å². The van der Waals surface area contributed by atoms with E-state index in [2.05, 4.69) is 10.4 Å². The molecule has 1 atom stereocenters. The Morgan fingerprint density at radius 3 is 2.59 bits per heavy atom. The predicted octanol–water partition coefficient (Wildman–Crippen LogP) is 1.32. The fourth-order valence-corrected chi connectivity index (χ4v) is 2.32. The number of aromatic nitrogens is 2. The normalized spacial score (nSPS) is 12.5. The Kier molecular flexibility index (Phi) is 6.48. The standard InChI is InChI=1S/C14H24N4O4/c1-9(2)7-12(19)8-15-13(20)5-6-17-11(4)14(18(21)22)10(3)16-17/h9,12,19H,5-8H2,1-4H3,(H,15,20). The van der Waals surface area contributed by atoms with E-state index >= 15 is 0 Å². The molecule has 1 rings (SSSR count). The molecule has 8 heteroatoms. The van der Waals surface area contributed by atoms with E-state index in [1.165, 1.54) is 4.68 Å². The zero-order chi connectivity index (χ0) is 16.9. The number of nitro groups is 1. The first-order valence-corrected chi connectivity index (χ1v) is 7.35. The Morgan fingerprint density at radius 1 is 1.45 bits per heavy atom. The number of rotatable bonds is 8. The first kappa shape index (κ1) is 18.1. The summed E-state index contributed by atoms with van der Waals surface area (Å²) in [6, 6.07) is 0. The second-order valence-corrected chi connectivity index (χ2v) is 5.84. The largest absolute Gasteiger partial charge is 0.391 e. The summed E-state index contributed by atoms with van der Waals surface area (Å²) in [5.41, 5.74) is 0.776. The summed E-state index contributed by atoms with van der Waals surface area (Å²) in [5, 5.41) is 27.3. The number of nitrogens with one attached hydrogen (secondary N) is 1. The molecule has 22 heavy (non-hydrogen) atoms. The van der Waals surface area contributed by atoms with Gasteiger partial charge in [-0.2, -0.15) is 5.10 Å². The van der Waals surface area contributed by atoms with E-state index in [1.54, 1.807) is 13.8 Å². The molecule has 1 unspecified atom stereocenters. The maximum atomic E-state index is 11.7. The van der Waals surface area contributed by atoms with E-state index in [9.17, 15) is 20.0 Å². The van der Waals surface area contributed by atoms with E-state index in [1.807, 2.05) is 13.8 Å². The molecule has 0 aliphatic heterocycles. The first-order chi connectivity index (χ1) is 10.2. The second kappa shape index (κ2) is 7.88. The van der Waals surface area contributed by atoms with Crippen molar-refractivity contribution in [3.63, 3.8) is 0 Å². The number of hydrogen-bond donors (Lipinski definition) is 2. The fourth-order valence-electron chi connectivity index (χ4n) is 2.32. The molecular formula is C14H24N4O4. The minimum absolute atomic E-state index is 0.00670. The molecule has 0 aromatic carbocycles. The lowest BCUT2D eigenvalue weighted by Crippen LogP contribution is -2.33. The van der Waals surface area contributed by atoms with E-state index < -0.39 is 11.0 Å². The average molecular weight is 312 g/mol. The zero-order valence-corrected chi connectivity index (χ0v) is 13.5. The monoisotopic (exact) mass is 312 g/mol. The van der Waals surface area contributed by atoms with Crippen LogP contribution in [0.1, 0.15) is 38.1 Å². The molecule has 0 saturated carbocycles. The van der Waals surface area contributed by atoms with Crippen LogP contribution in [0.5, 0.6) is 0 Å². The van der Waals surface area contributed by atoms with Crippen LogP contribution in [0.25, 0.3) is 0 Å². The third-order valence-electron chi connectivity index (χ3n) is 3.35. The minimum atomic E-state index is -0.557. The highest BCUT2D eigenvalue weighted by molar-refractivity contribution is 5.75. The lowest BCUT2D eigenvalue weighted by molar-refractivity contribution is -0.386. The number of aryl methyl sites for hydroxylation is 2. The molecule has 1 heterocycles. The third-order valence-corrected chi connectivity index (χ3v) is 3.35. The second-order valence-electron chi connectivity index (χ2n) is 5.84. The molecule has 2 N–H and O–H groups in total. The molecule has 0 radical (unpaired) electrons. The number of aliphatic hydroxyl groups is 1. The van der Waals surface area contributed by atoms with Gasteiger partial charge in [0.2, 0.25) is 5.91 Å². The molecule has 1 aromatic heterocycles. The Hall–Kier alpha value is -1.96. The number of carbonyl (C=O) groups excluding carboxylic acids is 1. The molecule has 0 fully saturated rings. The Balaban J connectivity index is 2.48. The van der Waals surface area contributed by atoms with Gasteiger partial charge in [0.1, 0.15) is 11.4 Å². The SMILES string of the molecule is Cc1nn(CCC(=O)NCC(O)CC(C)C)c(C)c1[N+](=O)[O-]. The highest BCUT2D eigenvalue weighted by Gasteiger charge is 2.21. The van der Waals surface area contributed by atoms with E-state index in [4.69, 9.17) is 0 Å². The highest BCUT2D eigenvalue weighted by Crippen LogP contribution is 2.21. The highest BCUT2D eigenvalue weighted by atomic mass is 16.6. The molecule has 1 amide bonds. The van der Waals surface area contributed by atoms with Crippen LogP contribution in [0.15, 0.2) is 0 Å². The van der Waals surface area contributed by atoms with E-state index in [0.29, 0.717) is 23.7 Å². The lowest BCUT2D eigenvalue weighted by atomic mass is 10.1. The van der Waals surface area contributed by atoms with Crippen molar-refractivity contribution < 1.29 is 14.8 Å². The van der Waals surface area contributed by atoms with Crippen molar-refractivity contribution in [1.82, 2.24) is 15.1 Å². The van der Waals surface area contributed by atoms with Gasteiger partial charge < -0.3 is 10.4 Å². The number of nitrogens with zero attached hydrogens (tertiary/aromatic N) is 3. The van der Waals surface area contributed by atoms with Gasteiger partial charge in [0.05, 0.1) is 17.6 Å². The van der Waals surface area contributed by atoms with Crippen molar-refractivity contribution >= 4 is 11.6 Å². The van der Waals surface area contributed by atoms with Crippen LogP contribution in [0.2, 0.25) is 0 Å². The van der Waals surface area contributed by atoms with E-state index in [0.717, 1.165) is 0 Å². The summed E-state index contributed by atoms with van der Waals surface area (Å²) < 4.78 is 1.47. The van der Waals surface area contributed by atoms with Gasteiger partial charge >= 0.3 is 5.69 Å². The molecule has 0 aliphatic carbocycles. The smallest absolute Gasteiger partial charge is 0.312 e. The summed E-state index contributed by atoms with van der Waals surface area (Å²) in [6.45, 7) is 7.68. The van der Waals surface area contributed by atoms with Crippen LogP contribution in [-0.4, -0.2) is 38.4 Å². The quantitative estimate of drug-likeness (QED) is 0.555. The first-order valence-electron chi connectivity index (χ1n) is 7.35. The van der Waals surface area contributed by atoms with Crippen molar-refractivity contribution in [3.8, 4) is 0 Å². The molecule has 0 bridgehead atoms. The van der Waals surface area contributed by atoms with Crippen LogP contribution < -0.4 is 5.32 Å². The summed E-state index contributed by atoms with van der Waals surface area (Å²) in [6.07, 6.45) is 0.232. The van der Waals surface area contributed by atoms with Gasteiger partial charge in [-0.25, -0.2) is 0 Å². The molecule has 8 nitrogen and oxygen atoms in total. The molecule has 124 valence electrons. The number of aliphatic hydroxyl groups excluding tert-OH is 1.